The quantitative estimate of drug-likeness (QED) is 0.879. The van der Waals surface area contributed by atoms with Gasteiger partial charge < -0.3 is 19.9 Å². The fraction of sp³-hybridized carbons (Fsp3) is 0.750. The van der Waals surface area contributed by atoms with Crippen molar-refractivity contribution in [2.24, 2.45) is 0 Å². The van der Waals surface area contributed by atoms with Gasteiger partial charge in [-0.05, 0) is 32.1 Å². The van der Waals surface area contributed by atoms with E-state index in [1.807, 2.05) is 11.0 Å². The molecule has 2 amide bonds. The third-order valence-corrected chi connectivity index (χ3v) is 5.96. The van der Waals surface area contributed by atoms with Gasteiger partial charge in [0.05, 0.1) is 6.54 Å². The number of hydrogen-bond acceptors (Lipinski definition) is 5. The van der Waals surface area contributed by atoms with Gasteiger partial charge in [-0.3, -0.25) is 0 Å². The van der Waals surface area contributed by atoms with Gasteiger partial charge in [0, 0.05) is 38.2 Å². The van der Waals surface area contributed by atoms with Crippen LogP contribution in [0.1, 0.15) is 57.8 Å². The zero-order valence-electron chi connectivity index (χ0n) is 16.1. The Hall–Kier alpha value is -2.05. The van der Waals surface area contributed by atoms with Crippen molar-refractivity contribution in [2.75, 3.05) is 31.1 Å². The summed E-state index contributed by atoms with van der Waals surface area (Å²) in [4.78, 5) is 25.4. The molecule has 2 aliphatic heterocycles. The summed E-state index contributed by atoms with van der Waals surface area (Å²) in [5, 5.41) is 3.20. The standard InChI is InChI=1S/C20H31N5O2/c26-20(23-16-7-3-1-4-8-16)25-12-9-17(14-25)27-19-13-18(21-15-22-19)24-10-5-2-6-11-24/h13,15-17H,1-12,14H2,(H,23,26). The molecule has 3 heterocycles. The van der Waals surface area contributed by atoms with Crippen LogP contribution in [0, 0.1) is 0 Å². The number of piperidine rings is 1. The molecule has 1 atom stereocenters. The van der Waals surface area contributed by atoms with Gasteiger partial charge >= 0.3 is 6.03 Å². The van der Waals surface area contributed by atoms with Crippen LogP contribution in [0.5, 0.6) is 5.88 Å². The minimum atomic E-state index is 0.00575. The zero-order chi connectivity index (χ0) is 18.5. The molecule has 0 aromatic carbocycles. The Morgan fingerprint density at radius 2 is 1.78 bits per heavy atom. The van der Waals surface area contributed by atoms with Gasteiger partial charge in [0.25, 0.3) is 0 Å². The maximum atomic E-state index is 12.5. The summed E-state index contributed by atoms with van der Waals surface area (Å²) >= 11 is 0. The van der Waals surface area contributed by atoms with Crippen LogP contribution >= 0.6 is 0 Å². The Morgan fingerprint density at radius 3 is 2.59 bits per heavy atom. The van der Waals surface area contributed by atoms with Crippen LogP contribution in [0.3, 0.4) is 0 Å². The summed E-state index contributed by atoms with van der Waals surface area (Å²) in [6.07, 6.45) is 12.1. The Morgan fingerprint density at radius 1 is 1.00 bits per heavy atom. The van der Waals surface area contributed by atoms with Gasteiger partial charge in [0.1, 0.15) is 18.2 Å². The third kappa shape index (κ3) is 4.82. The van der Waals surface area contributed by atoms with Crippen LogP contribution in [0.2, 0.25) is 0 Å². The first kappa shape index (κ1) is 18.3. The van der Waals surface area contributed by atoms with Gasteiger partial charge in [0.2, 0.25) is 5.88 Å². The molecule has 27 heavy (non-hydrogen) atoms. The van der Waals surface area contributed by atoms with E-state index in [0.29, 0.717) is 18.5 Å². The molecule has 2 saturated heterocycles. The van der Waals surface area contributed by atoms with Crippen molar-refractivity contribution in [3.63, 3.8) is 0 Å². The predicted octanol–water partition coefficient (Wildman–Crippen LogP) is 2.96. The summed E-state index contributed by atoms with van der Waals surface area (Å²) in [7, 11) is 0. The lowest BCUT2D eigenvalue weighted by atomic mass is 9.96. The first-order valence-corrected chi connectivity index (χ1v) is 10.6. The lowest BCUT2D eigenvalue weighted by Crippen LogP contribution is -2.45. The highest BCUT2D eigenvalue weighted by Crippen LogP contribution is 2.23. The second kappa shape index (κ2) is 8.76. The SMILES string of the molecule is O=C(NC1CCCCC1)N1CCC(Oc2cc(N3CCCCC3)ncn2)C1. The first-order chi connectivity index (χ1) is 13.3. The van der Waals surface area contributed by atoms with E-state index in [4.69, 9.17) is 4.74 Å². The fourth-order valence-electron chi connectivity index (χ4n) is 4.38. The van der Waals surface area contributed by atoms with Crippen LogP contribution < -0.4 is 15.0 Å². The largest absolute Gasteiger partial charge is 0.472 e. The van der Waals surface area contributed by atoms with Gasteiger partial charge in [-0.15, -0.1) is 0 Å². The smallest absolute Gasteiger partial charge is 0.317 e. The zero-order valence-corrected chi connectivity index (χ0v) is 16.1. The average Bonchev–Trinajstić information content (AvgIpc) is 3.18. The Labute approximate surface area is 161 Å². The lowest BCUT2D eigenvalue weighted by Gasteiger charge is -2.27. The molecule has 148 valence electrons. The second-order valence-electron chi connectivity index (χ2n) is 8.02. The van der Waals surface area contributed by atoms with Crippen LogP contribution in [-0.4, -0.2) is 59.2 Å². The number of nitrogens with zero attached hydrogens (tertiary/aromatic N) is 4. The van der Waals surface area contributed by atoms with E-state index >= 15 is 0 Å². The number of amides is 2. The van der Waals surface area contributed by atoms with Crippen molar-refractivity contribution in [2.45, 2.75) is 69.9 Å². The number of likely N-dealkylation sites (tertiary alicyclic amines) is 1. The Bertz CT molecular complexity index is 629. The van der Waals surface area contributed by atoms with Crippen molar-refractivity contribution >= 4 is 11.8 Å². The van der Waals surface area contributed by atoms with Crippen molar-refractivity contribution < 1.29 is 9.53 Å². The Balaban J connectivity index is 1.28. The number of hydrogen-bond donors (Lipinski definition) is 1. The van der Waals surface area contributed by atoms with E-state index in [1.54, 1.807) is 6.33 Å². The number of urea groups is 1. The molecular formula is C20H31N5O2. The molecule has 3 aliphatic rings. The van der Waals surface area contributed by atoms with Crippen LogP contribution in [0.4, 0.5) is 10.6 Å². The lowest BCUT2D eigenvalue weighted by molar-refractivity contribution is 0.178. The molecule has 1 aromatic heterocycles. The maximum Gasteiger partial charge on any atom is 0.317 e. The first-order valence-electron chi connectivity index (χ1n) is 10.6. The van der Waals surface area contributed by atoms with Crippen LogP contribution in [0.25, 0.3) is 0 Å². The molecule has 1 unspecified atom stereocenters. The van der Waals surface area contributed by atoms with Gasteiger partial charge in [-0.1, -0.05) is 19.3 Å². The van der Waals surface area contributed by atoms with Gasteiger partial charge in [-0.25, -0.2) is 14.8 Å². The Kier molecular flexibility index (Phi) is 5.94. The second-order valence-corrected chi connectivity index (χ2v) is 8.02. The van der Waals surface area contributed by atoms with Crippen molar-refractivity contribution in [1.29, 1.82) is 0 Å². The summed E-state index contributed by atoms with van der Waals surface area (Å²) in [6, 6.07) is 2.35. The van der Waals surface area contributed by atoms with Crippen LogP contribution in [0.15, 0.2) is 12.4 Å². The number of anilines is 1. The van der Waals surface area contributed by atoms with Crippen molar-refractivity contribution in [3.05, 3.63) is 12.4 Å². The number of carbonyl (C=O) groups excluding carboxylic acids is 1. The molecule has 0 radical (unpaired) electrons. The molecule has 1 aliphatic carbocycles. The number of rotatable bonds is 4. The molecule has 3 fully saturated rings. The summed E-state index contributed by atoms with van der Waals surface area (Å²) in [5.74, 6) is 1.56. The van der Waals surface area contributed by atoms with E-state index in [-0.39, 0.29) is 12.1 Å². The summed E-state index contributed by atoms with van der Waals surface area (Å²) in [6.45, 7) is 3.47. The van der Waals surface area contributed by atoms with Crippen molar-refractivity contribution in [3.8, 4) is 5.88 Å². The molecule has 1 N–H and O–H groups in total. The minimum Gasteiger partial charge on any atom is -0.472 e. The molecule has 0 spiro atoms. The topological polar surface area (TPSA) is 70.6 Å². The molecule has 1 aromatic rings. The van der Waals surface area contributed by atoms with E-state index in [1.165, 1.54) is 38.5 Å². The number of nitrogens with one attached hydrogen (secondary N) is 1. The monoisotopic (exact) mass is 373 g/mol. The van der Waals surface area contributed by atoms with Gasteiger partial charge in [-0.2, -0.15) is 0 Å². The molecule has 7 nitrogen and oxygen atoms in total. The predicted molar refractivity (Wildman–Crippen MR) is 104 cm³/mol. The van der Waals surface area contributed by atoms with E-state index in [9.17, 15) is 4.79 Å². The molecule has 4 rings (SSSR count). The highest BCUT2D eigenvalue weighted by atomic mass is 16.5. The van der Waals surface area contributed by atoms with Crippen molar-refractivity contribution in [1.82, 2.24) is 20.2 Å². The minimum absolute atomic E-state index is 0.00575. The maximum absolute atomic E-state index is 12.5. The number of ether oxygens (including phenoxy) is 1. The van der Waals surface area contributed by atoms with E-state index in [2.05, 4.69) is 20.2 Å². The number of carbonyl (C=O) groups is 1. The highest BCUT2D eigenvalue weighted by Gasteiger charge is 2.29. The average molecular weight is 374 g/mol. The third-order valence-electron chi connectivity index (χ3n) is 5.96. The molecule has 0 bridgehead atoms. The number of aromatic nitrogens is 2. The summed E-state index contributed by atoms with van der Waals surface area (Å²) in [5.41, 5.74) is 0. The highest BCUT2D eigenvalue weighted by molar-refractivity contribution is 5.74. The molecule has 1 saturated carbocycles. The molecular weight excluding hydrogens is 342 g/mol. The van der Waals surface area contributed by atoms with Crippen LogP contribution in [-0.2, 0) is 0 Å². The summed E-state index contributed by atoms with van der Waals surface area (Å²) < 4.78 is 6.08. The van der Waals surface area contributed by atoms with Gasteiger partial charge in [0.15, 0.2) is 0 Å². The fourth-order valence-corrected chi connectivity index (χ4v) is 4.38. The normalized spacial score (nSPS) is 24.1. The van der Waals surface area contributed by atoms with E-state index in [0.717, 1.165) is 44.7 Å². The van der Waals surface area contributed by atoms with E-state index < -0.39 is 0 Å². The molecule has 7 heteroatoms.